The average molecular weight is 464 g/mol. The number of alkyl halides is 4. The first-order chi connectivity index (χ1) is 15.7. The van der Waals surface area contributed by atoms with Crippen LogP contribution in [-0.4, -0.2) is 44.4 Å². The largest absolute Gasteiger partial charge is 0.362 e. The van der Waals surface area contributed by atoms with E-state index < -0.39 is 37.3 Å². The van der Waals surface area contributed by atoms with E-state index >= 15 is 0 Å². The van der Waals surface area contributed by atoms with E-state index in [0.29, 0.717) is 17.9 Å². The van der Waals surface area contributed by atoms with Crippen molar-refractivity contribution in [2.24, 2.45) is 0 Å². The minimum absolute atomic E-state index is 0.0364. The second kappa shape index (κ2) is 8.87. The maximum atomic E-state index is 13.5. The average Bonchev–Trinajstić information content (AvgIpc) is 3.31. The molecular formula is C22H24F4N6O. The number of amides is 1. The number of anilines is 2. The number of fused-ring (bicyclic) bond motifs is 1. The standard InChI is InChI=1S/C22H24F4N6O/c1-11-6-4-5-7-14(11)10-31-13(3)19(12(2)29-31)28-22(33)16-9-18-27-15(20(23)24)8-17(21(25)26)32(18)30-16/h4-7,9,15,17,20-21,27H,8,10H2,1-3H3,(H,28,33). The SMILES string of the molecule is Cc1ccccc1Cn1nc(C)c(NC(=O)c2cc3n(n2)C(C(F)F)CC(C(F)F)N3)c1C. The molecule has 0 spiro atoms. The van der Waals surface area contributed by atoms with E-state index in [1.54, 1.807) is 11.6 Å². The van der Waals surface area contributed by atoms with Gasteiger partial charge in [-0.3, -0.25) is 9.48 Å². The molecule has 1 amide bonds. The second-order valence-electron chi connectivity index (χ2n) is 8.17. The third kappa shape index (κ3) is 4.44. The molecule has 0 radical (unpaired) electrons. The Labute approximate surface area is 187 Å². The Morgan fingerprint density at radius 1 is 1.15 bits per heavy atom. The Bertz CT molecular complexity index is 1170. The molecule has 33 heavy (non-hydrogen) atoms. The Balaban J connectivity index is 1.57. The molecule has 176 valence electrons. The van der Waals surface area contributed by atoms with Gasteiger partial charge in [-0.25, -0.2) is 22.2 Å². The fourth-order valence-corrected chi connectivity index (χ4v) is 4.01. The number of nitrogens with zero attached hydrogens (tertiary/aromatic N) is 4. The monoisotopic (exact) mass is 464 g/mol. The first kappa shape index (κ1) is 22.8. The van der Waals surface area contributed by atoms with Crippen molar-refractivity contribution in [2.45, 2.75) is 58.7 Å². The minimum Gasteiger partial charge on any atom is -0.362 e. The number of carbonyl (C=O) groups excluding carboxylic acids is 1. The summed E-state index contributed by atoms with van der Waals surface area (Å²) in [6.45, 7) is 6.08. The summed E-state index contributed by atoms with van der Waals surface area (Å²) in [7, 11) is 0. The molecule has 0 saturated heterocycles. The van der Waals surface area contributed by atoms with E-state index in [1.807, 2.05) is 38.1 Å². The zero-order chi connectivity index (χ0) is 23.9. The zero-order valence-corrected chi connectivity index (χ0v) is 18.3. The van der Waals surface area contributed by atoms with Crippen molar-refractivity contribution >= 4 is 17.4 Å². The predicted octanol–water partition coefficient (Wildman–Crippen LogP) is 4.56. The van der Waals surface area contributed by atoms with Gasteiger partial charge in [-0.15, -0.1) is 0 Å². The van der Waals surface area contributed by atoms with Gasteiger partial charge in [0, 0.05) is 12.5 Å². The van der Waals surface area contributed by atoms with Crippen molar-refractivity contribution in [2.75, 3.05) is 10.6 Å². The summed E-state index contributed by atoms with van der Waals surface area (Å²) in [6, 6.07) is 6.13. The van der Waals surface area contributed by atoms with Crippen molar-refractivity contribution in [1.29, 1.82) is 0 Å². The third-order valence-electron chi connectivity index (χ3n) is 5.91. The van der Waals surface area contributed by atoms with Crippen LogP contribution in [0.5, 0.6) is 0 Å². The van der Waals surface area contributed by atoms with Gasteiger partial charge in [-0.2, -0.15) is 10.2 Å². The number of nitrogens with one attached hydrogen (secondary N) is 2. The number of halogens is 4. The summed E-state index contributed by atoms with van der Waals surface area (Å²) in [6.07, 6.45) is -6.21. The Kier molecular flexibility index (Phi) is 6.13. The Morgan fingerprint density at radius 2 is 1.88 bits per heavy atom. The molecule has 0 aliphatic carbocycles. The van der Waals surface area contributed by atoms with E-state index in [1.165, 1.54) is 6.07 Å². The van der Waals surface area contributed by atoms with Crippen molar-refractivity contribution in [1.82, 2.24) is 19.6 Å². The number of rotatable bonds is 6. The van der Waals surface area contributed by atoms with Crippen LogP contribution in [0.3, 0.4) is 0 Å². The lowest BCUT2D eigenvalue weighted by molar-refractivity contribution is 0.0419. The van der Waals surface area contributed by atoms with Crippen LogP contribution < -0.4 is 10.6 Å². The molecule has 3 heterocycles. The third-order valence-corrected chi connectivity index (χ3v) is 5.91. The number of carbonyl (C=O) groups is 1. The van der Waals surface area contributed by atoms with Gasteiger partial charge in [0.25, 0.3) is 18.8 Å². The van der Waals surface area contributed by atoms with Crippen LogP contribution >= 0.6 is 0 Å². The van der Waals surface area contributed by atoms with Gasteiger partial charge in [0.1, 0.15) is 11.9 Å². The van der Waals surface area contributed by atoms with Crippen molar-refractivity contribution in [3.8, 4) is 0 Å². The molecule has 0 fully saturated rings. The van der Waals surface area contributed by atoms with Gasteiger partial charge < -0.3 is 10.6 Å². The zero-order valence-electron chi connectivity index (χ0n) is 18.3. The molecule has 0 saturated carbocycles. The van der Waals surface area contributed by atoms with Gasteiger partial charge in [-0.1, -0.05) is 24.3 Å². The Morgan fingerprint density at radius 3 is 2.55 bits per heavy atom. The summed E-state index contributed by atoms with van der Waals surface area (Å²) >= 11 is 0. The number of hydrogen-bond acceptors (Lipinski definition) is 4. The molecule has 4 rings (SSSR count). The molecule has 3 aromatic rings. The number of aromatic nitrogens is 4. The van der Waals surface area contributed by atoms with Crippen molar-refractivity contribution in [3.05, 3.63) is 58.5 Å². The quantitative estimate of drug-likeness (QED) is 0.525. The van der Waals surface area contributed by atoms with Crippen LogP contribution in [0.25, 0.3) is 0 Å². The van der Waals surface area contributed by atoms with Gasteiger partial charge in [0.15, 0.2) is 5.69 Å². The number of hydrogen-bond donors (Lipinski definition) is 2. The molecule has 0 bridgehead atoms. The van der Waals surface area contributed by atoms with Crippen molar-refractivity contribution in [3.63, 3.8) is 0 Å². The van der Waals surface area contributed by atoms with Crippen LogP contribution in [0, 0.1) is 20.8 Å². The summed E-state index contributed by atoms with van der Waals surface area (Å²) in [4.78, 5) is 12.9. The van der Waals surface area contributed by atoms with Crippen LogP contribution in [0.4, 0.5) is 29.1 Å². The van der Waals surface area contributed by atoms with Crippen molar-refractivity contribution < 1.29 is 22.4 Å². The lowest BCUT2D eigenvalue weighted by Gasteiger charge is -2.31. The highest BCUT2D eigenvalue weighted by atomic mass is 19.3. The highest BCUT2D eigenvalue weighted by molar-refractivity contribution is 6.04. The molecule has 11 heteroatoms. The fourth-order valence-electron chi connectivity index (χ4n) is 4.01. The van der Waals surface area contributed by atoms with Gasteiger partial charge in [0.2, 0.25) is 0 Å². The lowest BCUT2D eigenvalue weighted by Crippen LogP contribution is -2.39. The molecule has 2 unspecified atom stereocenters. The predicted molar refractivity (Wildman–Crippen MR) is 115 cm³/mol. The van der Waals surface area contributed by atoms with Crippen LogP contribution in [0.2, 0.25) is 0 Å². The second-order valence-corrected chi connectivity index (χ2v) is 8.17. The minimum atomic E-state index is -2.90. The topological polar surface area (TPSA) is 76.8 Å². The molecule has 1 aliphatic rings. The van der Waals surface area contributed by atoms with Crippen LogP contribution in [0.15, 0.2) is 30.3 Å². The first-order valence-corrected chi connectivity index (χ1v) is 10.5. The smallest absolute Gasteiger partial charge is 0.276 e. The normalized spacial score (nSPS) is 17.8. The molecular weight excluding hydrogens is 440 g/mol. The molecule has 1 aliphatic heterocycles. The summed E-state index contributed by atoms with van der Waals surface area (Å²) in [5.74, 6) is -0.673. The van der Waals surface area contributed by atoms with E-state index in [-0.39, 0.29) is 11.5 Å². The van der Waals surface area contributed by atoms with E-state index in [2.05, 4.69) is 20.8 Å². The molecule has 7 nitrogen and oxygen atoms in total. The fraction of sp³-hybridized carbons (Fsp3) is 0.409. The summed E-state index contributed by atoms with van der Waals surface area (Å²) in [5, 5.41) is 13.7. The summed E-state index contributed by atoms with van der Waals surface area (Å²) < 4.78 is 55.9. The van der Waals surface area contributed by atoms with E-state index in [9.17, 15) is 22.4 Å². The number of aryl methyl sites for hydroxylation is 2. The molecule has 1 aromatic carbocycles. The maximum absolute atomic E-state index is 13.5. The molecule has 2 atom stereocenters. The molecule has 2 N–H and O–H groups in total. The first-order valence-electron chi connectivity index (χ1n) is 10.5. The summed E-state index contributed by atoms with van der Waals surface area (Å²) in [5.41, 5.74) is 3.84. The van der Waals surface area contributed by atoms with Gasteiger partial charge in [-0.05, 0) is 31.9 Å². The number of benzene rings is 1. The highest BCUT2D eigenvalue weighted by Crippen LogP contribution is 2.34. The lowest BCUT2D eigenvalue weighted by atomic mass is 10.1. The highest BCUT2D eigenvalue weighted by Gasteiger charge is 2.38. The van der Waals surface area contributed by atoms with Crippen LogP contribution in [-0.2, 0) is 6.54 Å². The maximum Gasteiger partial charge on any atom is 0.276 e. The van der Waals surface area contributed by atoms with E-state index in [4.69, 9.17) is 0 Å². The van der Waals surface area contributed by atoms with E-state index in [0.717, 1.165) is 21.5 Å². The molecule has 2 aromatic heterocycles. The Hall–Kier alpha value is -3.37. The van der Waals surface area contributed by atoms with Gasteiger partial charge in [0.05, 0.1) is 29.7 Å². The van der Waals surface area contributed by atoms with Crippen LogP contribution in [0.1, 0.15) is 45.5 Å². The van der Waals surface area contributed by atoms with Gasteiger partial charge >= 0.3 is 0 Å².